The van der Waals surface area contributed by atoms with Crippen LogP contribution in [-0.2, 0) is 38.1 Å². The minimum atomic E-state index is -1.23. The molecule has 13 nitrogen and oxygen atoms in total. The molecule has 3 rings (SSSR count). The summed E-state index contributed by atoms with van der Waals surface area (Å²) in [5.41, 5.74) is 0.193. The second kappa shape index (κ2) is 9.44. The number of nitrogens with one attached hydrogen (secondary N) is 1. The lowest BCUT2D eigenvalue weighted by molar-refractivity contribution is -0.166. The van der Waals surface area contributed by atoms with Gasteiger partial charge in [-0.25, -0.2) is 9.97 Å². The molecule has 0 bridgehead atoms. The highest BCUT2D eigenvalue weighted by atomic mass is 35.5. The van der Waals surface area contributed by atoms with Crippen molar-refractivity contribution in [2.75, 3.05) is 11.9 Å². The third kappa shape index (κ3) is 4.94. The lowest BCUT2D eigenvalue weighted by Crippen LogP contribution is -2.41. The smallest absolute Gasteiger partial charge is 0.303 e. The van der Waals surface area contributed by atoms with Gasteiger partial charge in [0.25, 0.3) is 0 Å². The van der Waals surface area contributed by atoms with E-state index in [-0.39, 0.29) is 29.2 Å². The van der Waals surface area contributed by atoms with Crippen LogP contribution in [0.4, 0.5) is 5.95 Å². The summed E-state index contributed by atoms with van der Waals surface area (Å²) < 4.78 is 22.9. The van der Waals surface area contributed by atoms with E-state index in [1.807, 2.05) is 0 Å². The third-order valence-electron chi connectivity index (χ3n) is 4.31. The molecule has 3 aliphatic heterocycles. The fraction of sp³-hybridized carbons (Fsp3) is 0.500. The van der Waals surface area contributed by atoms with Crippen LogP contribution in [-0.4, -0.2) is 68.3 Å². The normalized spacial score (nSPS) is 22.4. The summed E-state index contributed by atoms with van der Waals surface area (Å²) in [6.07, 6.45) is -3.40. The van der Waals surface area contributed by atoms with Gasteiger partial charge in [-0.3, -0.25) is 29.1 Å². The Morgan fingerprint density at radius 2 is 1.72 bits per heavy atom. The van der Waals surface area contributed by atoms with Crippen molar-refractivity contribution in [1.29, 1.82) is 0 Å². The number of imidazole rings is 1. The predicted octanol–water partition coefficient (Wildman–Crippen LogP) is 0.714. The molecule has 1 fully saturated rings. The van der Waals surface area contributed by atoms with Gasteiger partial charge < -0.3 is 18.9 Å². The zero-order chi connectivity index (χ0) is 23.6. The number of aromatic nitrogens is 4. The van der Waals surface area contributed by atoms with Crippen LogP contribution < -0.4 is 5.32 Å². The number of carbonyl (C=O) groups excluding carboxylic acids is 4. The van der Waals surface area contributed by atoms with E-state index in [1.54, 1.807) is 0 Å². The summed E-state index contributed by atoms with van der Waals surface area (Å²) in [5.74, 6) is -2.37. The number of esters is 3. The van der Waals surface area contributed by atoms with E-state index in [1.165, 1.54) is 24.7 Å². The highest BCUT2D eigenvalue weighted by molar-refractivity contribution is 6.32. The summed E-state index contributed by atoms with van der Waals surface area (Å²) in [4.78, 5) is 58.9. The Labute approximate surface area is 186 Å². The summed E-state index contributed by atoms with van der Waals surface area (Å²) in [6, 6.07) is 0. The average Bonchev–Trinajstić information content (AvgIpc) is 3.25. The van der Waals surface area contributed by atoms with E-state index in [2.05, 4.69) is 20.3 Å². The molecule has 172 valence electrons. The largest absolute Gasteiger partial charge is 0.463 e. The Bertz CT molecular complexity index is 1030. The minimum Gasteiger partial charge on any atom is -0.463 e. The molecule has 1 amide bonds. The molecule has 0 saturated carbocycles. The van der Waals surface area contributed by atoms with E-state index in [9.17, 15) is 19.2 Å². The van der Waals surface area contributed by atoms with Gasteiger partial charge in [0.05, 0.1) is 0 Å². The molecular weight excluding hydrogens is 450 g/mol. The number of amides is 1. The van der Waals surface area contributed by atoms with Crippen molar-refractivity contribution in [2.24, 2.45) is 0 Å². The first-order chi connectivity index (χ1) is 15.1. The maximum absolute atomic E-state index is 11.8. The van der Waals surface area contributed by atoms with Gasteiger partial charge in [0, 0.05) is 27.7 Å². The zero-order valence-corrected chi connectivity index (χ0v) is 18.3. The van der Waals surface area contributed by atoms with Crippen molar-refractivity contribution in [3.05, 3.63) is 11.5 Å². The number of halogens is 1. The summed E-state index contributed by atoms with van der Waals surface area (Å²) in [7, 11) is 0. The topological polar surface area (TPSA) is 161 Å². The summed E-state index contributed by atoms with van der Waals surface area (Å²) in [6.45, 7) is 4.47. The van der Waals surface area contributed by atoms with Gasteiger partial charge in [0.2, 0.25) is 11.9 Å². The SMILES string of the molecule is CC(=O)Nc1nc2ncnc-2c(Cl)n1[C@@H]1O[C@H](COC(C)=O)[C@H](OC(C)=O)[C@H]1OC(C)=O. The Balaban J connectivity index is 2.13. The second-order valence-electron chi connectivity index (χ2n) is 6.84. The lowest BCUT2D eigenvalue weighted by Gasteiger charge is -2.27. The maximum atomic E-state index is 11.8. The van der Waals surface area contributed by atoms with Crippen molar-refractivity contribution in [2.45, 2.75) is 52.2 Å². The van der Waals surface area contributed by atoms with Gasteiger partial charge >= 0.3 is 17.9 Å². The molecule has 0 aromatic heterocycles. The fourth-order valence-electron chi connectivity index (χ4n) is 3.23. The molecule has 32 heavy (non-hydrogen) atoms. The number of nitrogens with zero attached hydrogens (tertiary/aromatic N) is 4. The molecule has 0 unspecified atom stereocenters. The van der Waals surface area contributed by atoms with Crippen molar-refractivity contribution in [3.8, 4) is 11.5 Å². The van der Waals surface area contributed by atoms with Crippen LogP contribution >= 0.6 is 11.6 Å². The van der Waals surface area contributed by atoms with E-state index >= 15 is 0 Å². The molecular formula is C18H20ClN5O8. The van der Waals surface area contributed by atoms with Crippen LogP contribution in [0.15, 0.2) is 6.33 Å². The second-order valence-corrected chi connectivity index (χ2v) is 7.20. The predicted molar refractivity (Wildman–Crippen MR) is 105 cm³/mol. The Hall–Kier alpha value is -3.32. The van der Waals surface area contributed by atoms with Gasteiger partial charge in [-0.1, -0.05) is 11.6 Å². The standard InChI is InChI=1S/C18H20ClN5O8/c1-7(25)22-18-23-16-12(20-6-21-16)15(19)24(18)17-14(31-10(4)28)13(30-9(3)27)11(32-17)5-29-8(2)26/h6,11,13-14,17H,5H2,1-4H3,(H,20,21,22,23,25)/t11-,13+,14-,17-/m1/s1. The Morgan fingerprint density at radius 1 is 1.06 bits per heavy atom. The Morgan fingerprint density at radius 3 is 2.31 bits per heavy atom. The molecule has 0 spiro atoms. The van der Waals surface area contributed by atoms with Crippen LogP contribution in [0.2, 0.25) is 5.15 Å². The first-order valence-electron chi connectivity index (χ1n) is 9.37. The van der Waals surface area contributed by atoms with E-state index in [0.717, 1.165) is 13.8 Å². The highest BCUT2D eigenvalue weighted by Gasteiger charge is 2.51. The number of fused-ring (bicyclic) bond motifs is 1. The quantitative estimate of drug-likeness (QED) is 0.360. The average molecular weight is 470 g/mol. The number of hydrogen-bond acceptors (Lipinski definition) is 11. The minimum absolute atomic E-state index is 0.0342. The highest BCUT2D eigenvalue weighted by Crippen LogP contribution is 2.40. The van der Waals surface area contributed by atoms with E-state index < -0.39 is 48.4 Å². The molecule has 3 aliphatic rings. The van der Waals surface area contributed by atoms with Gasteiger partial charge in [-0.15, -0.1) is 0 Å². The first kappa shape index (κ1) is 23.3. The van der Waals surface area contributed by atoms with Crippen LogP contribution in [0.1, 0.15) is 33.9 Å². The van der Waals surface area contributed by atoms with Crippen LogP contribution in [0.25, 0.3) is 11.5 Å². The maximum Gasteiger partial charge on any atom is 0.303 e. The number of anilines is 1. The molecule has 0 aliphatic carbocycles. The zero-order valence-electron chi connectivity index (χ0n) is 17.5. The monoisotopic (exact) mass is 469 g/mol. The molecule has 3 heterocycles. The summed E-state index contributed by atoms with van der Waals surface area (Å²) in [5, 5.41) is 2.48. The van der Waals surface area contributed by atoms with Gasteiger partial charge in [0.1, 0.15) is 29.9 Å². The molecule has 4 atom stereocenters. The van der Waals surface area contributed by atoms with Gasteiger partial charge in [0.15, 0.2) is 24.3 Å². The molecule has 1 N–H and O–H groups in total. The van der Waals surface area contributed by atoms with Crippen molar-refractivity contribution >= 4 is 41.4 Å². The lowest BCUT2D eigenvalue weighted by atomic mass is 10.1. The van der Waals surface area contributed by atoms with Crippen LogP contribution in [0.5, 0.6) is 0 Å². The molecule has 14 heteroatoms. The number of carbonyl (C=O) groups is 4. The molecule has 0 aromatic rings. The molecule has 1 saturated heterocycles. The van der Waals surface area contributed by atoms with Crippen LogP contribution in [0, 0.1) is 0 Å². The van der Waals surface area contributed by atoms with Crippen LogP contribution in [0.3, 0.4) is 0 Å². The van der Waals surface area contributed by atoms with E-state index in [0.29, 0.717) is 0 Å². The van der Waals surface area contributed by atoms with Gasteiger partial charge in [-0.2, -0.15) is 4.98 Å². The molecule has 0 radical (unpaired) electrons. The van der Waals surface area contributed by atoms with Crippen molar-refractivity contribution in [1.82, 2.24) is 19.5 Å². The van der Waals surface area contributed by atoms with Crippen molar-refractivity contribution in [3.63, 3.8) is 0 Å². The molecule has 0 aromatic carbocycles. The fourth-order valence-corrected chi connectivity index (χ4v) is 3.54. The third-order valence-corrected chi connectivity index (χ3v) is 4.67. The Kier molecular flexibility index (Phi) is 6.89. The van der Waals surface area contributed by atoms with Crippen molar-refractivity contribution < 1.29 is 38.1 Å². The summed E-state index contributed by atoms with van der Waals surface area (Å²) >= 11 is 6.54. The number of ether oxygens (including phenoxy) is 4. The number of rotatable bonds is 6. The number of hydrogen-bond donors (Lipinski definition) is 1. The van der Waals surface area contributed by atoms with E-state index in [4.69, 9.17) is 30.5 Å². The van der Waals surface area contributed by atoms with Gasteiger partial charge in [-0.05, 0) is 0 Å². The first-order valence-corrected chi connectivity index (χ1v) is 9.75.